The van der Waals surface area contributed by atoms with Crippen LogP contribution in [0.2, 0.25) is 5.02 Å². The molecule has 8 nitrogen and oxygen atoms in total. The minimum absolute atomic E-state index is 0.0472. The molecule has 2 aliphatic heterocycles. The highest BCUT2D eigenvalue weighted by Crippen LogP contribution is 2.24. The van der Waals surface area contributed by atoms with Gasteiger partial charge in [-0.05, 0) is 36.7 Å². The number of carbonyl (C=O) groups excluding carboxylic acids is 1. The molecule has 2 aromatic rings. The maximum atomic E-state index is 14.7. The first-order valence-corrected chi connectivity index (χ1v) is 13.8. The van der Waals surface area contributed by atoms with Crippen molar-refractivity contribution < 1.29 is 9.18 Å². The van der Waals surface area contributed by atoms with Crippen LogP contribution in [0.3, 0.4) is 0 Å². The van der Waals surface area contributed by atoms with Gasteiger partial charge in [0.15, 0.2) is 11.6 Å². The number of nitrogens with one attached hydrogen (secondary N) is 3. The largest absolute Gasteiger partial charge is 0.383 e. The number of halogens is 3. The van der Waals surface area contributed by atoms with Crippen molar-refractivity contribution in [1.29, 1.82) is 0 Å². The highest BCUT2D eigenvalue weighted by molar-refractivity contribution is 14.1. The van der Waals surface area contributed by atoms with Crippen LogP contribution in [0.15, 0.2) is 46.6 Å². The Morgan fingerprint density at radius 3 is 3.12 bits per heavy atom. The molecule has 182 valence electrons. The number of aromatic nitrogens is 2. The topological polar surface area (TPSA) is 111 Å². The van der Waals surface area contributed by atoms with Gasteiger partial charge < -0.3 is 26.3 Å². The molecule has 0 radical (unpaired) electrons. The Labute approximate surface area is 220 Å². The van der Waals surface area contributed by atoms with E-state index in [1.54, 1.807) is 24.0 Å². The summed E-state index contributed by atoms with van der Waals surface area (Å²) in [6.45, 7) is 1.82. The fraction of sp³-hybridized carbons (Fsp3) is 0.409. The number of amides is 2. The van der Waals surface area contributed by atoms with Crippen LogP contribution in [0.1, 0.15) is 24.8 Å². The van der Waals surface area contributed by atoms with Gasteiger partial charge in [0, 0.05) is 43.0 Å². The Morgan fingerprint density at radius 2 is 2.35 bits per heavy atom. The number of fused-ring (bicyclic) bond motifs is 1. The molecule has 2 amide bonds. The van der Waals surface area contributed by atoms with Gasteiger partial charge in [0.1, 0.15) is 11.5 Å². The number of allylic oxidation sites excluding steroid dienone is 1. The lowest BCUT2D eigenvalue weighted by atomic mass is 9.98. The summed E-state index contributed by atoms with van der Waals surface area (Å²) in [4.78, 5) is 26.1. The van der Waals surface area contributed by atoms with Gasteiger partial charge in [-0.15, -0.1) is 11.8 Å². The van der Waals surface area contributed by atoms with E-state index in [1.165, 1.54) is 6.20 Å². The van der Waals surface area contributed by atoms with Gasteiger partial charge in [-0.25, -0.2) is 19.2 Å². The van der Waals surface area contributed by atoms with Crippen molar-refractivity contribution >= 4 is 68.9 Å². The molecule has 4 heterocycles. The van der Waals surface area contributed by atoms with Gasteiger partial charge >= 0.3 is 6.03 Å². The predicted molar refractivity (Wildman–Crippen MR) is 145 cm³/mol. The number of hydrogen-bond acceptors (Lipinski definition) is 5. The van der Waals surface area contributed by atoms with E-state index in [2.05, 4.69) is 31.7 Å². The lowest BCUT2D eigenvalue weighted by molar-refractivity contribution is 0.164. The summed E-state index contributed by atoms with van der Waals surface area (Å²) in [6.07, 6.45) is 7.97. The number of piperidine rings is 1. The van der Waals surface area contributed by atoms with Crippen LogP contribution in [0.25, 0.3) is 11.0 Å². The molecule has 0 aromatic carbocycles. The zero-order valence-corrected chi connectivity index (χ0v) is 22.1. The molecule has 5 N–H and O–H groups in total. The summed E-state index contributed by atoms with van der Waals surface area (Å²) in [7, 11) is 0. The second-order valence-corrected chi connectivity index (χ2v) is 10.5. The highest BCUT2D eigenvalue weighted by atomic mass is 127. The maximum absolute atomic E-state index is 14.7. The Balaban J connectivity index is 1.41. The number of aliphatic imine (C=N–C) groups is 1. The quantitative estimate of drug-likeness (QED) is 0.159. The fourth-order valence-electron chi connectivity index (χ4n) is 3.99. The van der Waals surface area contributed by atoms with E-state index in [9.17, 15) is 9.18 Å². The molecule has 0 bridgehead atoms. The van der Waals surface area contributed by atoms with Crippen molar-refractivity contribution in [3.05, 3.63) is 52.2 Å². The average Bonchev–Trinajstić information content (AvgIpc) is 3.51. The fourth-order valence-corrected chi connectivity index (χ4v) is 5.32. The molecule has 2 unspecified atom stereocenters. The van der Waals surface area contributed by atoms with E-state index in [0.717, 1.165) is 25.8 Å². The average molecular weight is 618 g/mol. The van der Waals surface area contributed by atoms with Crippen molar-refractivity contribution in [3.63, 3.8) is 0 Å². The first-order chi connectivity index (χ1) is 16.4. The van der Waals surface area contributed by atoms with Crippen LogP contribution >= 0.6 is 46.0 Å². The zero-order chi connectivity index (χ0) is 24.1. The van der Waals surface area contributed by atoms with Crippen molar-refractivity contribution in [1.82, 2.24) is 25.5 Å². The number of carbonyl (C=O) groups is 1. The summed E-state index contributed by atoms with van der Waals surface area (Å²) in [6, 6.07) is 1.69. The SMILES string of the molecule is N/C(=N\C(NCC1CCCN(C(=O)NC2CC=CS2)C1)=C(\F)CI)c1c[nH]c2ncc(Cl)cc12. The van der Waals surface area contributed by atoms with Crippen LogP contribution in [0, 0.1) is 5.92 Å². The number of nitrogens with two attached hydrogens (primary N) is 1. The molecule has 34 heavy (non-hydrogen) atoms. The lowest BCUT2D eigenvalue weighted by Gasteiger charge is -2.33. The third kappa shape index (κ3) is 6.16. The third-order valence-electron chi connectivity index (χ3n) is 5.72. The van der Waals surface area contributed by atoms with Crippen LogP contribution < -0.4 is 16.4 Å². The lowest BCUT2D eigenvalue weighted by Crippen LogP contribution is -2.49. The molecular formula is C22H26ClFIN7OS. The minimum atomic E-state index is -0.393. The molecule has 0 spiro atoms. The van der Waals surface area contributed by atoms with Crippen LogP contribution in [-0.4, -0.2) is 56.2 Å². The number of alkyl halides is 1. The van der Waals surface area contributed by atoms with Gasteiger partial charge in [-0.1, -0.05) is 40.3 Å². The number of thioether (sulfide) groups is 1. The Bertz CT molecular complexity index is 1130. The van der Waals surface area contributed by atoms with E-state index in [-0.39, 0.29) is 33.4 Å². The Hall–Kier alpha value is -1.99. The number of nitrogens with zero attached hydrogens (tertiary/aromatic N) is 3. The molecule has 2 aromatic heterocycles. The van der Waals surface area contributed by atoms with Gasteiger partial charge in [-0.2, -0.15) is 0 Å². The van der Waals surface area contributed by atoms with Crippen molar-refractivity contribution in [2.45, 2.75) is 24.6 Å². The summed E-state index contributed by atoms with van der Waals surface area (Å²) in [5.41, 5.74) is 7.47. The Morgan fingerprint density at radius 1 is 1.50 bits per heavy atom. The van der Waals surface area contributed by atoms with Crippen LogP contribution in [-0.2, 0) is 0 Å². The summed E-state index contributed by atoms with van der Waals surface area (Å²) < 4.78 is 14.8. The molecule has 4 rings (SSSR count). The molecule has 2 atom stereocenters. The number of hydrogen-bond donors (Lipinski definition) is 4. The number of rotatable bonds is 7. The summed E-state index contributed by atoms with van der Waals surface area (Å²) in [5, 5.41) is 9.50. The Kier molecular flexibility index (Phi) is 8.59. The second kappa shape index (κ2) is 11.6. The van der Waals surface area contributed by atoms with Crippen molar-refractivity contribution in [3.8, 4) is 0 Å². The van der Waals surface area contributed by atoms with Gasteiger partial charge in [-0.3, -0.25) is 0 Å². The summed E-state index contributed by atoms with van der Waals surface area (Å²) in [5.74, 6) is 0.0467. The van der Waals surface area contributed by atoms with Crippen molar-refractivity contribution in [2.75, 3.05) is 24.1 Å². The van der Waals surface area contributed by atoms with E-state index in [1.807, 2.05) is 32.9 Å². The minimum Gasteiger partial charge on any atom is -0.383 e. The monoisotopic (exact) mass is 617 g/mol. The van der Waals surface area contributed by atoms with Gasteiger partial charge in [0.05, 0.1) is 14.8 Å². The van der Waals surface area contributed by atoms with Crippen molar-refractivity contribution in [2.24, 2.45) is 16.6 Å². The summed E-state index contributed by atoms with van der Waals surface area (Å²) >= 11 is 9.64. The number of likely N-dealkylation sites (tertiary alicyclic amines) is 1. The van der Waals surface area contributed by atoms with E-state index in [4.69, 9.17) is 17.3 Å². The maximum Gasteiger partial charge on any atom is 0.318 e. The molecular weight excluding hydrogens is 592 g/mol. The molecule has 1 fully saturated rings. The van der Waals surface area contributed by atoms with E-state index in [0.29, 0.717) is 34.7 Å². The second-order valence-electron chi connectivity index (χ2n) is 8.15. The first kappa shape index (κ1) is 25.1. The normalized spacial score (nSPS) is 21.6. The molecule has 1 saturated heterocycles. The highest BCUT2D eigenvalue weighted by Gasteiger charge is 2.26. The smallest absolute Gasteiger partial charge is 0.318 e. The van der Waals surface area contributed by atoms with Gasteiger partial charge in [0.2, 0.25) is 0 Å². The van der Waals surface area contributed by atoms with E-state index < -0.39 is 5.83 Å². The predicted octanol–water partition coefficient (Wildman–Crippen LogP) is 4.48. The zero-order valence-electron chi connectivity index (χ0n) is 18.4. The third-order valence-corrected chi connectivity index (χ3v) is 7.58. The molecule has 0 saturated carbocycles. The number of amidine groups is 1. The number of H-pyrrole nitrogens is 1. The number of urea groups is 1. The van der Waals surface area contributed by atoms with Crippen LogP contribution in [0.4, 0.5) is 9.18 Å². The first-order valence-electron chi connectivity index (χ1n) is 11.0. The standard InChI is InChI=1S/C22H26ClFIN7OS/c23-14-7-15-16(11-29-20(15)28-10-14)19(26)31-21(17(24)8-25)27-9-13-3-1-5-32(12-13)22(33)30-18-4-2-6-34-18/h2,6-7,10-11,13,18,27H,1,3-5,8-9,12H2,(H2,26,31)(H,28,29)(H,30,33)/b21-17+. The molecule has 2 aliphatic rings. The molecule has 0 aliphatic carbocycles. The molecule has 12 heteroatoms. The number of pyridine rings is 1. The number of aromatic amines is 1. The van der Waals surface area contributed by atoms with Crippen LogP contribution in [0.5, 0.6) is 0 Å². The van der Waals surface area contributed by atoms with Gasteiger partial charge in [0.25, 0.3) is 0 Å². The van der Waals surface area contributed by atoms with E-state index >= 15 is 0 Å².